The van der Waals surface area contributed by atoms with Crippen LogP contribution in [-0.2, 0) is 9.59 Å². The first kappa shape index (κ1) is 14.9. The van der Waals surface area contributed by atoms with E-state index in [2.05, 4.69) is 15.5 Å². The Balaban J connectivity index is 2.28. The zero-order valence-electron chi connectivity index (χ0n) is 11.1. The molecule has 104 valence electrons. The average Bonchev–Trinajstić information content (AvgIpc) is 2.29. The zero-order valence-corrected chi connectivity index (χ0v) is 11.1. The van der Waals surface area contributed by atoms with Crippen LogP contribution >= 0.6 is 0 Å². The Morgan fingerprint density at radius 1 is 1.33 bits per heavy atom. The lowest BCUT2D eigenvalue weighted by atomic mass is 9.96. The van der Waals surface area contributed by atoms with Gasteiger partial charge < -0.3 is 15.7 Å². The summed E-state index contributed by atoms with van der Waals surface area (Å²) in [4.78, 5) is 24.7. The van der Waals surface area contributed by atoms with Crippen LogP contribution in [0.5, 0.6) is 0 Å². The van der Waals surface area contributed by atoms with Crippen LogP contribution in [-0.4, -0.2) is 61.2 Å². The predicted molar refractivity (Wildman–Crippen MR) is 68.3 cm³/mol. The summed E-state index contributed by atoms with van der Waals surface area (Å²) in [5.74, 6) is -1.45. The zero-order chi connectivity index (χ0) is 13.5. The third kappa shape index (κ3) is 5.01. The largest absolute Gasteiger partial charge is 0.481 e. The maximum atomic E-state index is 11.7. The minimum atomic E-state index is -0.854. The fraction of sp³-hybridized carbons (Fsp3) is 0.833. The van der Waals surface area contributed by atoms with Crippen molar-refractivity contribution in [3.05, 3.63) is 0 Å². The monoisotopic (exact) mass is 257 g/mol. The van der Waals surface area contributed by atoms with E-state index in [0.29, 0.717) is 6.54 Å². The molecule has 18 heavy (non-hydrogen) atoms. The molecule has 1 atom stereocenters. The molecule has 0 aromatic rings. The highest BCUT2D eigenvalue weighted by atomic mass is 16.4. The number of nitrogens with one attached hydrogen (secondary N) is 2. The molecule has 1 unspecified atom stereocenters. The Bertz CT molecular complexity index is 288. The van der Waals surface area contributed by atoms with E-state index in [9.17, 15) is 9.59 Å². The van der Waals surface area contributed by atoms with E-state index in [1.165, 1.54) is 0 Å². The molecule has 1 aliphatic rings. The molecule has 1 amide bonds. The van der Waals surface area contributed by atoms with Gasteiger partial charge in [-0.2, -0.15) is 0 Å². The highest BCUT2D eigenvalue weighted by molar-refractivity contribution is 5.79. The summed E-state index contributed by atoms with van der Waals surface area (Å²) in [5.41, 5.74) is 0. The van der Waals surface area contributed by atoms with Crippen molar-refractivity contribution >= 4 is 11.9 Å². The van der Waals surface area contributed by atoms with Crippen molar-refractivity contribution in [2.75, 3.05) is 39.3 Å². The molecule has 6 nitrogen and oxygen atoms in total. The molecule has 1 aliphatic heterocycles. The number of carbonyl (C=O) groups excluding carboxylic acids is 1. The van der Waals surface area contributed by atoms with Crippen molar-refractivity contribution in [3.8, 4) is 0 Å². The van der Waals surface area contributed by atoms with Crippen molar-refractivity contribution in [1.82, 2.24) is 15.5 Å². The van der Waals surface area contributed by atoms with Crippen LogP contribution < -0.4 is 10.6 Å². The maximum absolute atomic E-state index is 11.7. The molecule has 1 rings (SSSR count). The summed E-state index contributed by atoms with van der Waals surface area (Å²) in [5, 5.41) is 14.9. The SMILES string of the molecule is CC(C)C(CNC(=O)CN1CCNCC1)C(=O)O. The Morgan fingerprint density at radius 2 is 1.94 bits per heavy atom. The van der Waals surface area contributed by atoms with E-state index in [-0.39, 0.29) is 18.4 Å². The van der Waals surface area contributed by atoms with Gasteiger partial charge in [0.05, 0.1) is 12.5 Å². The van der Waals surface area contributed by atoms with Gasteiger partial charge in [-0.15, -0.1) is 0 Å². The van der Waals surface area contributed by atoms with Crippen LogP contribution in [0.3, 0.4) is 0 Å². The normalized spacial score (nSPS) is 18.6. The summed E-state index contributed by atoms with van der Waals surface area (Å²) in [6.07, 6.45) is 0. The molecule has 0 radical (unpaired) electrons. The van der Waals surface area contributed by atoms with Crippen LogP contribution in [0.4, 0.5) is 0 Å². The first-order valence-corrected chi connectivity index (χ1v) is 6.43. The van der Waals surface area contributed by atoms with Gasteiger partial charge in [0.25, 0.3) is 0 Å². The number of piperazine rings is 1. The summed E-state index contributed by atoms with van der Waals surface area (Å²) in [6.45, 7) is 7.78. The van der Waals surface area contributed by atoms with Gasteiger partial charge in [0.2, 0.25) is 5.91 Å². The van der Waals surface area contributed by atoms with Crippen LogP contribution in [0.15, 0.2) is 0 Å². The first-order chi connectivity index (χ1) is 8.50. The standard InChI is InChI=1S/C12H23N3O3/c1-9(2)10(12(17)18)7-14-11(16)8-15-5-3-13-4-6-15/h9-10,13H,3-8H2,1-2H3,(H,14,16)(H,17,18). The molecule has 0 aliphatic carbocycles. The lowest BCUT2D eigenvalue weighted by molar-refractivity contribution is -0.143. The highest BCUT2D eigenvalue weighted by Gasteiger charge is 2.22. The Hall–Kier alpha value is -1.14. The third-order valence-corrected chi connectivity index (χ3v) is 3.22. The number of carboxylic acid groups (broad SMARTS) is 1. The van der Waals surface area contributed by atoms with Gasteiger partial charge in [-0.05, 0) is 5.92 Å². The molecule has 0 bridgehead atoms. The lowest BCUT2D eigenvalue weighted by Crippen LogP contribution is -2.48. The van der Waals surface area contributed by atoms with Crippen molar-refractivity contribution < 1.29 is 14.7 Å². The average molecular weight is 257 g/mol. The smallest absolute Gasteiger partial charge is 0.308 e. The summed E-state index contributed by atoms with van der Waals surface area (Å²) in [6, 6.07) is 0. The minimum Gasteiger partial charge on any atom is -0.481 e. The molecule has 6 heteroatoms. The van der Waals surface area contributed by atoms with Gasteiger partial charge in [-0.3, -0.25) is 14.5 Å². The fourth-order valence-corrected chi connectivity index (χ4v) is 1.96. The maximum Gasteiger partial charge on any atom is 0.308 e. The molecule has 3 N–H and O–H groups in total. The fourth-order valence-electron chi connectivity index (χ4n) is 1.96. The number of aliphatic carboxylic acids is 1. The van der Waals surface area contributed by atoms with Crippen LogP contribution in [0.2, 0.25) is 0 Å². The Labute approximate surface area is 108 Å². The lowest BCUT2D eigenvalue weighted by Gasteiger charge is -2.26. The molecule has 0 saturated carbocycles. The quantitative estimate of drug-likeness (QED) is 0.590. The van der Waals surface area contributed by atoms with Crippen molar-refractivity contribution in [1.29, 1.82) is 0 Å². The second-order valence-corrected chi connectivity index (χ2v) is 5.02. The summed E-state index contributed by atoms with van der Waals surface area (Å²) in [7, 11) is 0. The number of amides is 1. The van der Waals surface area contributed by atoms with Gasteiger partial charge >= 0.3 is 5.97 Å². The van der Waals surface area contributed by atoms with Crippen molar-refractivity contribution in [2.45, 2.75) is 13.8 Å². The van der Waals surface area contributed by atoms with Crippen LogP contribution in [0, 0.1) is 11.8 Å². The Morgan fingerprint density at radius 3 is 2.44 bits per heavy atom. The van der Waals surface area contributed by atoms with Crippen LogP contribution in [0.25, 0.3) is 0 Å². The number of hydrogen-bond donors (Lipinski definition) is 3. The van der Waals surface area contributed by atoms with E-state index in [0.717, 1.165) is 26.2 Å². The van der Waals surface area contributed by atoms with Crippen LogP contribution in [0.1, 0.15) is 13.8 Å². The molecule has 1 saturated heterocycles. The molecular weight excluding hydrogens is 234 g/mol. The first-order valence-electron chi connectivity index (χ1n) is 6.43. The third-order valence-electron chi connectivity index (χ3n) is 3.22. The molecule has 1 fully saturated rings. The second kappa shape index (κ2) is 7.33. The highest BCUT2D eigenvalue weighted by Crippen LogP contribution is 2.09. The van der Waals surface area contributed by atoms with E-state index in [4.69, 9.17) is 5.11 Å². The van der Waals surface area contributed by atoms with Gasteiger partial charge in [-0.25, -0.2) is 0 Å². The Kier molecular flexibility index (Phi) is 6.07. The van der Waals surface area contributed by atoms with Gasteiger partial charge in [0.1, 0.15) is 0 Å². The summed E-state index contributed by atoms with van der Waals surface area (Å²) >= 11 is 0. The van der Waals surface area contributed by atoms with E-state index >= 15 is 0 Å². The van der Waals surface area contributed by atoms with Crippen molar-refractivity contribution in [3.63, 3.8) is 0 Å². The number of carbonyl (C=O) groups is 2. The number of hydrogen-bond acceptors (Lipinski definition) is 4. The summed E-state index contributed by atoms with van der Waals surface area (Å²) < 4.78 is 0. The topological polar surface area (TPSA) is 81.7 Å². The molecule has 0 aromatic carbocycles. The minimum absolute atomic E-state index is 0.0157. The molecule has 0 aromatic heterocycles. The van der Waals surface area contributed by atoms with E-state index in [1.54, 1.807) is 0 Å². The van der Waals surface area contributed by atoms with E-state index in [1.807, 2.05) is 13.8 Å². The number of carboxylic acids is 1. The van der Waals surface area contributed by atoms with Crippen molar-refractivity contribution in [2.24, 2.45) is 11.8 Å². The van der Waals surface area contributed by atoms with Gasteiger partial charge in [0, 0.05) is 32.7 Å². The molecular formula is C12H23N3O3. The number of rotatable bonds is 6. The van der Waals surface area contributed by atoms with Gasteiger partial charge in [-0.1, -0.05) is 13.8 Å². The van der Waals surface area contributed by atoms with E-state index < -0.39 is 11.9 Å². The molecule has 1 heterocycles. The molecule has 0 spiro atoms. The van der Waals surface area contributed by atoms with Gasteiger partial charge in [0.15, 0.2) is 0 Å². The second-order valence-electron chi connectivity index (χ2n) is 5.02. The predicted octanol–water partition coefficient (Wildman–Crippen LogP) is -0.635. The number of nitrogens with zero attached hydrogens (tertiary/aromatic N) is 1.